The lowest BCUT2D eigenvalue weighted by Crippen LogP contribution is -2.01. The highest BCUT2D eigenvalue weighted by Gasteiger charge is 2.22. The maximum absolute atomic E-state index is 12.3. The first-order chi connectivity index (χ1) is 9.81. The normalized spacial score (nSPS) is 11.2. The molecular weight excluding hydrogens is 256 g/mol. The summed E-state index contributed by atoms with van der Waals surface area (Å²) in [6, 6.07) is 14.4. The van der Waals surface area contributed by atoms with Crippen molar-refractivity contribution in [2.75, 3.05) is 0 Å². The standard InChI is InChI=1S/C15H8N2O3/c18-13(14-16-9-5-1-3-7-11(9)19-14)15-17-10-6-2-4-8-12(10)20-15/h1-8H. The van der Waals surface area contributed by atoms with Gasteiger partial charge in [0.05, 0.1) is 0 Å². The lowest BCUT2D eigenvalue weighted by Gasteiger charge is -1.87. The Morgan fingerprint density at radius 1 is 0.750 bits per heavy atom. The van der Waals surface area contributed by atoms with Crippen LogP contribution in [0.25, 0.3) is 22.2 Å². The quantitative estimate of drug-likeness (QED) is 0.520. The van der Waals surface area contributed by atoms with Crippen LogP contribution in [-0.4, -0.2) is 15.8 Å². The van der Waals surface area contributed by atoms with Gasteiger partial charge >= 0.3 is 5.78 Å². The molecule has 0 fully saturated rings. The Morgan fingerprint density at radius 3 is 1.65 bits per heavy atom. The third-order valence-corrected chi connectivity index (χ3v) is 2.98. The fourth-order valence-electron chi connectivity index (χ4n) is 2.03. The van der Waals surface area contributed by atoms with Gasteiger partial charge in [0.15, 0.2) is 11.2 Å². The molecule has 5 heteroatoms. The second-order valence-electron chi connectivity index (χ2n) is 4.30. The van der Waals surface area contributed by atoms with E-state index in [2.05, 4.69) is 9.97 Å². The summed E-state index contributed by atoms with van der Waals surface area (Å²) >= 11 is 0. The van der Waals surface area contributed by atoms with Gasteiger partial charge in [0.25, 0.3) is 11.8 Å². The van der Waals surface area contributed by atoms with Gasteiger partial charge in [-0.3, -0.25) is 4.79 Å². The molecule has 4 rings (SSSR count). The van der Waals surface area contributed by atoms with Crippen LogP contribution >= 0.6 is 0 Å². The van der Waals surface area contributed by atoms with Gasteiger partial charge < -0.3 is 8.83 Å². The van der Waals surface area contributed by atoms with Gasteiger partial charge in [-0.1, -0.05) is 24.3 Å². The zero-order chi connectivity index (χ0) is 13.5. The predicted molar refractivity (Wildman–Crippen MR) is 71.5 cm³/mol. The van der Waals surface area contributed by atoms with Crippen molar-refractivity contribution in [1.82, 2.24) is 9.97 Å². The van der Waals surface area contributed by atoms with Gasteiger partial charge in [0.2, 0.25) is 0 Å². The summed E-state index contributed by atoms with van der Waals surface area (Å²) in [7, 11) is 0. The molecule has 0 aliphatic heterocycles. The second-order valence-corrected chi connectivity index (χ2v) is 4.30. The second kappa shape index (κ2) is 4.03. The number of rotatable bonds is 2. The molecule has 2 heterocycles. The Hall–Kier alpha value is -2.95. The Kier molecular flexibility index (Phi) is 2.20. The molecule has 0 amide bonds. The minimum Gasteiger partial charge on any atom is -0.433 e. The smallest absolute Gasteiger partial charge is 0.302 e. The van der Waals surface area contributed by atoms with Crippen molar-refractivity contribution in [3.05, 3.63) is 60.3 Å². The summed E-state index contributed by atoms with van der Waals surface area (Å²) in [5.41, 5.74) is 2.39. The van der Waals surface area contributed by atoms with Gasteiger partial charge in [-0.05, 0) is 24.3 Å². The molecule has 0 atom stereocenters. The first kappa shape index (κ1) is 10.9. The van der Waals surface area contributed by atoms with E-state index in [9.17, 15) is 4.79 Å². The number of aromatic nitrogens is 2. The fourth-order valence-corrected chi connectivity index (χ4v) is 2.03. The number of carbonyl (C=O) groups excluding carboxylic acids is 1. The summed E-state index contributed by atoms with van der Waals surface area (Å²) < 4.78 is 10.8. The number of carbonyl (C=O) groups is 1. The van der Waals surface area contributed by atoms with Crippen molar-refractivity contribution in [2.45, 2.75) is 0 Å². The summed E-state index contributed by atoms with van der Waals surface area (Å²) in [5, 5.41) is 0. The molecule has 0 N–H and O–H groups in total. The molecule has 2 aromatic carbocycles. The Bertz CT molecular complexity index is 794. The lowest BCUT2D eigenvalue weighted by atomic mass is 10.3. The predicted octanol–water partition coefficient (Wildman–Crippen LogP) is 3.20. The Balaban J connectivity index is 1.82. The van der Waals surface area contributed by atoms with Crippen molar-refractivity contribution in [2.24, 2.45) is 0 Å². The average molecular weight is 264 g/mol. The molecule has 0 aliphatic carbocycles. The van der Waals surface area contributed by atoms with E-state index in [-0.39, 0.29) is 11.8 Å². The first-order valence-corrected chi connectivity index (χ1v) is 6.07. The molecule has 0 spiro atoms. The topological polar surface area (TPSA) is 69.1 Å². The van der Waals surface area contributed by atoms with Crippen LogP contribution < -0.4 is 0 Å². The molecule has 4 aromatic rings. The monoisotopic (exact) mass is 264 g/mol. The van der Waals surface area contributed by atoms with E-state index in [4.69, 9.17) is 8.83 Å². The molecule has 0 unspecified atom stereocenters. The minimum atomic E-state index is -0.461. The van der Waals surface area contributed by atoms with E-state index in [1.54, 1.807) is 24.3 Å². The van der Waals surface area contributed by atoms with Gasteiger partial charge in [-0.15, -0.1) is 0 Å². The fraction of sp³-hybridized carbons (Fsp3) is 0. The summed E-state index contributed by atoms with van der Waals surface area (Å²) in [6.07, 6.45) is 0. The molecule has 0 radical (unpaired) electrons. The van der Waals surface area contributed by atoms with Crippen molar-refractivity contribution in [3.8, 4) is 0 Å². The van der Waals surface area contributed by atoms with E-state index < -0.39 is 5.78 Å². The highest BCUT2D eigenvalue weighted by Crippen LogP contribution is 2.20. The molecule has 96 valence electrons. The maximum Gasteiger partial charge on any atom is 0.302 e. The van der Waals surface area contributed by atoms with Gasteiger partial charge in [-0.2, -0.15) is 0 Å². The van der Waals surface area contributed by atoms with Crippen molar-refractivity contribution in [1.29, 1.82) is 0 Å². The number of oxazole rings is 2. The summed E-state index contributed by atoms with van der Waals surface area (Å²) in [6.45, 7) is 0. The van der Waals surface area contributed by atoms with Gasteiger partial charge in [0.1, 0.15) is 11.0 Å². The highest BCUT2D eigenvalue weighted by atomic mass is 16.4. The SMILES string of the molecule is O=C(c1nc2ccccc2o1)c1nc2ccccc2o1. The average Bonchev–Trinajstić information content (AvgIpc) is 3.10. The molecule has 5 nitrogen and oxygen atoms in total. The van der Waals surface area contributed by atoms with Crippen LogP contribution in [0.4, 0.5) is 0 Å². The molecule has 0 saturated carbocycles. The number of ketones is 1. The van der Waals surface area contributed by atoms with Crippen LogP contribution in [0, 0.1) is 0 Å². The number of hydrogen-bond donors (Lipinski definition) is 0. The van der Waals surface area contributed by atoms with E-state index in [1.165, 1.54) is 0 Å². The number of hydrogen-bond acceptors (Lipinski definition) is 5. The first-order valence-electron chi connectivity index (χ1n) is 6.07. The zero-order valence-corrected chi connectivity index (χ0v) is 10.2. The Labute approximate surface area is 112 Å². The minimum absolute atomic E-state index is 0.0160. The number of para-hydroxylation sites is 4. The molecule has 0 aliphatic rings. The van der Waals surface area contributed by atoms with E-state index in [0.717, 1.165) is 0 Å². The molecule has 0 bridgehead atoms. The lowest BCUT2D eigenvalue weighted by molar-refractivity contribution is 0.0974. The van der Waals surface area contributed by atoms with Crippen LogP contribution in [0.3, 0.4) is 0 Å². The van der Waals surface area contributed by atoms with Crippen LogP contribution in [-0.2, 0) is 0 Å². The van der Waals surface area contributed by atoms with Crippen LogP contribution in [0.15, 0.2) is 57.4 Å². The summed E-state index contributed by atoms with van der Waals surface area (Å²) in [5.74, 6) is -0.493. The highest BCUT2D eigenvalue weighted by molar-refractivity contribution is 6.04. The Morgan fingerprint density at radius 2 is 1.20 bits per heavy atom. The molecule has 20 heavy (non-hydrogen) atoms. The third kappa shape index (κ3) is 1.60. The molecular formula is C15H8N2O3. The van der Waals surface area contributed by atoms with E-state index in [1.807, 2.05) is 24.3 Å². The van der Waals surface area contributed by atoms with Crippen molar-refractivity contribution < 1.29 is 13.6 Å². The van der Waals surface area contributed by atoms with Crippen molar-refractivity contribution in [3.63, 3.8) is 0 Å². The largest absolute Gasteiger partial charge is 0.433 e. The molecule has 2 aromatic heterocycles. The van der Waals surface area contributed by atoms with Crippen LogP contribution in [0.2, 0.25) is 0 Å². The van der Waals surface area contributed by atoms with Crippen molar-refractivity contribution >= 4 is 28.0 Å². The molecule has 0 saturated heterocycles. The number of benzene rings is 2. The van der Waals surface area contributed by atoms with Gasteiger partial charge in [0, 0.05) is 0 Å². The van der Waals surface area contributed by atoms with E-state index >= 15 is 0 Å². The maximum atomic E-state index is 12.3. The van der Waals surface area contributed by atoms with E-state index in [0.29, 0.717) is 22.2 Å². The van der Waals surface area contributed by atoms with Crippen LogP contribution in [0.1, 0.15) is 16.6 Å². The number of fused-ring (bicyclic) bond motifs is 2. The van der Waals surface area contributed by atoms with Crippen LogP contribution in [0.5, 0.6) is 0 Å². The summed E-state index contributed by atoms with van der Waals surface area (Å²) in [4.78, 5) is 20.6. The van der Waals surface area contributed by atoms with Gasteiger partial charge in [-0.25, -0.2) is 9.97 Å². The third-order valence-electron chi connectivity index (χ3n) is 2.98. The number of nitrogens with zero attached hydrogens (tertiary/aromatic N) is 2. The zero-order valence-electron chi connectivity index (χ0n) is 10.2.